The highest BCUT2D eigenvalue weighted by atomic mass is 35.5. The van der Waals surface area contributed by atoms with Gasteiger partial charge < -0.3 is 10.5 Å². The average molecular weight is 319 g/mol. The summed E-state index contributed by atoms with van der Waals surface area (Å²) in [7, 11) is 1.68. The number of hydrogen-bond acceptors (Lipinski definition) is 3. The highest BCUT2D eigenvalue weighted by molar-refractivity contribution is 6.31. The molecule has 2 N–H and O–H groups in total. The van der Waals surface area contributed by atoms with Crippen LogP contribution in [0.3, 0.4) is 0 Å². The average Bonchev–Trinajstić information content (AvgIpc) is 2.42. The fraction of sp³-hybridized carbons (Fsp3) is 0.600. The van der Waals surface area contributed by atoms with E-state index in [1.54, 1.807) is 7.11 Å². The highest BCUT2D eigenvalue weighted by Gasteiger charge is 2.22. The summed E-state index contributed by atoms with van der Waals surface area (Å²) in [4.78, 5) is 2.44. The molecule has 0 amide bonds. The number of hydrogen-bond donors (Lipinski definition) is 1. The highest BCUT2D eigenvalue weighted by Crippen LogP contribution is 2.26. The van der Waals surface area contributed by atoms with Gasteiger partial charge in [0.15, 0.2) is 0 Å². The van der Waals surface area contributed by atoms with Crippen LogP contribution in [-0.4, -0.2) is 31.1 Å². The van der Waals surface area contributed by atoms with E-state index in [-0.39, 0.29) is 12.4 Å². The molecule has 3 nitrogen and oxygen atoms in total. The zero-order chi connectivity index (χ0) is 13.8. The molecule has 1 aliphatic heterocycles. The minimum absolute atomic E-state index is 0. The first-order valence-electron chi connectivity index (χ1n) is 6.90. The van der Waals surface area contributed by atoms with Gasteiger partial charge >= 0.3 is 0 Å². The Bertz CT molecular complexity index is 418. The molecular weight excluding hydrogens is 295 g/mol. The fourth-order valence-corrected chi connectivity index (χ4v) is 2.85. The third-order valence-corrected chi connectivity index (χ3v) is 4.39. The van der Waals surface area contributed by atoms with Gasteiger partial charge in [-0.15, -0.1) is 12.4 Å². The lowest BCUT2D eigenvalue weighted by Crippen LogP contribution is -2.39. The van der Waals surface area contributed by atoms with Gasteiger partial charge in [-0.05, 0) is 62.5 Å². The van der Waals surface area contributed by atoms with Crippen molar-refractivity contribution in [3.63, 3.8) is 0 Å². The molecule has 0 aromatic heterocycles. The smallest absolute Gasteiger partial charge is 0.119 e. The first kappa shape index (κ1) is 17.6. The maximum atomic E-state index is 6.25. The Morgan fingerprint density at radius 2 is 2.05 bits per heavy atom. The van der Waals surface area contributed by atoms with Crippen LogP contribution in [0, 0.1) is 5.92 Å². The summed E-state index contributed by atoms with van der Waals surface area (Å²) in [6, 6.07) is 6.14. The van der Waals surface area contributed by atoms with E-state index in [2.05, 4.69) is 11.8 Å². The van der Waals surface area contributed by atoms with Gasteiger partial charge in [0, 0.05) is 17.6 Å². The molecule has 2 rings (SSSR count). The fourth-order valence-electron chi connectivity index (χ4n) is 2.68. The second kappa shape index (κ2) is 8.08. The van der Waals surface area contributed by atoms with E-state index in [0.29, 0.717) is 12.0 Å². The minimum atomic E-state index is 0. The lowest BCUT2D eigenvalue weighted by molar-refractivity contribution is 0.165. The van der Waals surface area contributed by atoms with Crippen molar-refractivity contribution < 1.29 is 4.74 Å². The first-order chi connectivity index (χ1) is 9.10. The van der Waals surface area contributed by atoms with Gasteiger partial charge in [-0.3, -0.25) is 4.90 Å². The molecule has 0 bridgehead atoms. The zero-order valence-corrected chi connectivity index (χ0v) is 13.7. The Morgan fingerprint density at radius 3 is 2.60 bits per heavy atom. The van der Waals surface area contributed by atoms with Crippen LogP contribution in [0.1, 0.15) is 25.3 Å². The molecule has 1 heterocycles. The molecule has 1 saturated heterocycles. The van der Waals surface area contributed by atoms with Gasteiger partial charge in [0.25, 0.3) is 0 Å². The van der Waals surface area contributed by atoms with E-state index in [9.17, 15) is 0 Å². The molecule has 1 aromatic carbocycles. The topological polar surface area (TPSA) is 38.5 Å². The van der Waals surface area contributed by atoms with Crippen LogP contribution < -0.4 is 10.5 Å². The minimum Gasteiger partial charge on any atom is -0.497 e. The zero-order valence-electron chi connectivity index (χ0n) is 12.1. The van der Waals surface area contributed by atoms with Crippen LogP contribution in [0.5, 0.6) is 5.75 Å². The molecular formula is C15H24Cl2N2O. The van der Waals surface area contributed by atoms with Crippen molar-refractivity contribution in [2.75, 3.05) is 20.2 Å². The van der Waals surface area contributed by atoms with Crippen molar-refractivity contribution in [2.24, 2.45) is 11.7 Å². The molecule has 0 saturated carbocycles. The van der Waals surface area contributed by atoms with Gasteiger partial charge in [-0.2, -0.15) is 0 Å². The Morgan fingerprint density at radius 1 is 1.40 bits per heavy atom. The number of piperidine rings is 1. The molecule has 1 aliphatic rings. The summed E-state index contributed by atoms with van der Waals surface area (Å²) in [5, 5.41) is 0.815. The summed E-state index contributed by atoms with van der Waals surface area (Å²) in [5.74, 6) is 1.53. The summed E-state index contributed by atoms with van der Waals surface area (Å²) < 4.78 is 5.25. The molecule has 20 heavy (non-hydrogen) atoms. The molecule has 5 heteroatoms. The third kappa shape index (κ3) is 4.52. The van der Waals surface area contributed by atoms with Crippen molar-refractivity contribution in [3.05, 3.63) is 28.8 Å². The molecule has 0 aliphatic carbocycles. The molecule has 1 unspecified atom stereocenters. The van der Waals surface area contributed by atoms with Crippen LogP contribution in [0.25, 0.3) is 0 Å². The summed E-state index contributed by atoms with van der Waals surface area (Å²) in [6.45, 7) is 5.19. The van der Waals surface area contributed by atoms with Gasteiger partial charge in [0.05, 0.1) is 7.11 Å². The normalized spacial score (nSPS) is 18.4. The van der Waals surface area contributed by atoms with Crippen molar-refractivity contribution in [1.29, 1.82) is 0 Å². The van der Waals surface area contributed by atoms with Crippen molar-refractivity contribution in [1.82, 2.24) is 4.90 Å². The van der Waals surface area contributed by atoms with Gasteiger partial charge in [-0.1, -0.05) is 11.6 Å². The lowest BCUT2D eigenvalue weighted by atomic mass is 9.91. The van der Waals surface area contributed by atoms with E-state index < -0.39 is 0 Å². The number of ether oxygens (including phenoxy) is 1. The molecule has 1 fully saturated rings. The summed E-state index contributed by atoms with van der Waals surface area (Å²) in [6.07, 6.45) is 2.36. The second-order valence-electron chi connectivity index (χ2n) is 5.43. The first-order valence-corrected chi connectivity index (χ1v) is 7.28. The summed E-state index contributed by atoms with van der Waals surface area (Å²) >= 11 is 6.25. The molecule has 114 valence electrons. The monoisotopic (exact) mass is 318 g/mol. The maximum Gasteiger partial charge on any atom is 0.119 e. The van der Waals surface area contributed by atoms with Crippen LogP contribution in [0.2, 0.25) is 5.02 Å². The Labute approximate surface area is 132 Å². The van der Waals surface area contributed by atoms with E-state index >= 15 is 0 Å². The number of likely N-dealkylation sites (tertiary alicyclic amines) is 1. The summed E-state index contributed by atoms with van der Waals surface area (Å²) in [5.41, 5.74) is 7.11. The van der Waals surface area contributed by atoms with E-state index in [1.165, 1.54) is 12.8 Å². The molecule has 1 atom stereocenters. The van der Waals surface area contributed by atoms with Crippen LogP contribution in [0.4, 0.5) is 0 Å². The van der Waals surface area contributed by atoms with Gasteiger partial charge in [-0.25, -0.2) is 0 Å². The number of rotatable bonds is 4. The van der Waals surface area contributed by atoms with Crippen molar-refractivity contribution >= 4 is 24.0 Å². The van der Waals surface area contributed by atoms with E-state index in [4.69, 9.17) is 22.1 Å². The Balaban J connectivity index is 0.00000200. The SMILES string of the molecule is COc1ccc(Cl)c(CN2CCC(C(C)N)CC2)c1.Cl. The Kier molecular flexibility index (Phi) is 7.10. The largest absolute Gasteiger partial charge is 0.497 e. The second-order valence-corrected chi connectivity index (χ2v) is 5.84. The maximum absolute atomic E-state index is 6.25. The van der Waals surface area contributed by atoms with Crippen molar-refractivity contribution in [2.45, 2.75) is 32.4 Å². The predicted octanol–water partition coefficient (Wildman–Crippen LogP) is 3.33. The van der Waals surface area contributed by atoms with Crippen LogP contribution in [0.15, 0.2) is 18.2 Å². The number of methoxy groups -OCH3 is 1. The molecule has 0 radical (unpaired) electrons. The molecule has 1 aromatic rings. The third-order valence-electron chi connectivity index (χ3n) is 4.02. The number of nitrogens with two attached hydrogens (primary N) is 1. The number of nitrogens with zero attached hydrogens (tertiary/aromatic N) is 1. The molecule has 0 spiro atoms. The number of halogens is 2. The van der Waals surface area contributed by atoms with Gasteiger partial charge in [0.2, 0.25) is 0 Å². The van der Waals surface area contributed by atoms with E-state index in [1.807, 2.05) is 18.2 Å². The Hall–Kier alpha value is -0.480. The van der Waals surface area contributed by atoms with Crippen molar-refractivity contribution in [3.8, 4) is 5.75 Å². The van der Waals surface area contributed by atoms with Gasteiger partial charge in [0.1, 0.15) is 5.75 Å². The number of benzene rings is 1. The van der Waals surface area contributed by atoms with Crippen LogP contribution >= 0.6 is 24.0 Å². The lowest BCUT2D eigenvalue weighted by Gasteiger charge is -2.33. The van der Waals surface area contributed by atoms with E-state index in [0.717, 1.165) is 36.0 Å². The predicted molar refractivity (Wildman–Crippen MR) is 86.9 cm³/mol. The quantitative estimate of drug-likeness (QED) is 0.925. The standard InChI is InChI=1S/C15H23ClN2O.ClH/c1-11(17)12-5-7-18(8-6-12)10-13-9-14(19-2)3-4-15(13)16;/h3-4,9,11-12H,5-8,10,17H2,1-2H3;1H. The van der Waals surface area contributed by atoms with Crippen LogP contribution in [-0.2, 0) is 6.54 Å².